The molecule has 0 aliphatic carbocycles. The fraction of sp³-hybridized carbons (Fsp3) is 0.111. The predicted octanol–water partition coefficient (Wildman–Crippen LogP) is 3.89. The molecule has 136 valence electrons. The number of rotatable bonds is 4. The molecule has 4 rings (SSSR count). The summed E-state index contributed by atoms with van der Waals surface area (Å²) in [5.41, 5.74) is 8.28. The summed E-state index contributed by atoms with van der Waals surface area (Å²) >= 11 is 12.6. The number of hydrogen-bond donors (Lipinski definition) is 1. The van der Waals surface area contributed by atoms with Gasteiger partial charge in [0.15, 0.2) is 5.82 Å². The fourth-order valence-corrected chi connectivity index (χ4v) is 3.21. The highest BCUT2D eigenvalue weighted by Crippen LogP contribution is 2.40. The molecular weight excluding hydrogens is 387 g/mol. The van der Waals surface area contributed by atoms with Crippen LogP contribution < -0.4 is 10.5 Å². The average molecular weight is 401 g/mol. The Bertz CT molecular complexity index is 1140. The van der Waals surface area contributed by atoms with Gasteiger partial charge in [-0.15, -0.1) is 0 Å². The minimum atomic E-state index is 0.196. The Hall–Kier alpha value is -2.90. The fourth-order valence-electron chi connectivity index (χ4n) is 2.81. The monoisotopic (exact) mass is 400 g/mol. The number of nitrogens with zero attached hydrogens (tertiary/aromatic N) is 5. The number of benzene rings is 2. The number of aromatic nitrogens is 5. The molecule has 0 atom stereocenters. The van der Waals surface area contributed by atoms with Crippen LogP contribution in [0.5, 0.6) is 5.75 Å². The Morgan fingerprint density at radius 1 is 1.07 bits per heavy atom. The van der Waals surface area contributed by atoms with E-state index >= 15 is 0 Å². The van der Waals surface area contributed by atoms with E-state index in [1.165, 1.54) is 6.33 Å². The van der Waals surface area contributed by atoms with Gasteiger partial charge in [-0.1, -0.05) is 35.3 Å². The summed E-state index contributed by atoms with van der Waals surface area (Å²) in [5.74, 6) is 1.41. The minimum absolute atomic E-state index is 0.196. The van der Waals surface area contributed by atoms with Gasteiger partial charge >= 0.3 is 0 Å². The number of halogens is 2. The van der Waals surface area contributed by atoms with E-state index in [0.717, 1.165) is 11.1 Å². The maximum Gasteiger partial charge on any atom is 0.188 e. The van der Waals surface area contributed by atoms with E-state index in [2.05, 4.69) is 20.1 Å². The highest BCUT2D eigenvalue weighted by molar-refractivity contribution is 6.44. The topological polar surface area (TPSA) is 91.7 Å². The summed E-state index contributed by atoms with van der Waals surface area (Å²) in [6.45, 7) is 0.196. The molecule has 0 fully saturated rings. The molecule has 0 bridgehead atoms. The highest BCUT2D eigenvalue weighted by Gasteiger charge is 2.16. The number of hydrogen-bond acceptors (Lipinski definition) is 6. The van der Waals surface area contributed by atoms with Crippen molar-refractivity contribution in [2.75, 3.05) is 5.73 Å². The normalized spacial score (nSPS) is 11.1. The zero-order chi connectivity index (χ0) is 19.0. The molecule has 2 aromatic carbocycles. The van der Waals surface area contributed by atoms with Crippen molar-refractivity contribution < 1.29 is 4.74 Å². The van der Waals surface area contributed by atoms with Crippen LogP contribution in [0.15, 0.2) is 43.0 Å². The molecule has 4 aromatic rings. The third kappa shape index (κ3) is 3.27. The number of nitrogens with two attached hydrogens (primary N) is 1. The van der Waals surface area contributed by atoms with E-state index in [0.29, 0.717) is 38.3 Å². The Balaban J connectivity index is 1.82. The van der Waals surface area contributed by atoms with Crippen molar-refractivity contribution in [1.82, 2.24) is 24.7 Å². The molecule has 0 saturated heterocycles. The van der Waals surface area contributed by atoms with Crippen LogP contribution in [0.1, 0.15) is 5.82 Å². The summed E-state index contributed by atoms with van der Waals surface area (Å²) in [5, 5.41) is 5.71. The van der Waals surface area contributed by atoms with Crippen molar-refractivity contribution >= 4 is 39.9 Å². The van der Waals surface area contributed by atoms with Gasteiger partial charge in [0.05, 0.1) is 20.9 Å². The van der Waals surface area contributed by atoms with Crippen LogP contribution in [-0.4, -0.2) is 24.7 Å². The van der Waals surface area contributed by atoms with E-state index in [1.807, 2.05) is 18.2 Å². The van der Waals surface area contributed by atoms with Gasteiger partial charge < -0.3 is 10.5 Å². The summed E-state index contributed by atoms with van der Waals surface area (Å²) in [4.78, 5) is 12.6. The minimum Gasteiger partial charge on any atom is -0.485 e. The summed E-state index contributed by atoms with van der Waals surface area (Å²) in [6, 6.07) is 9.11. The summed E-state index contributed by atoms with van der Waals surface area (Å²) < 4.78 is 7.50. The van der Waals surface area contributed by atoms with E-state index in [4.69, 9.17) is 33.7 Å². The first kappa shape index (κ1) is 17.5. The number of fused-ring (bicyclic) bond motifs is 1. The standard InChI is InChI=1S/C18H14Cl2N6O/c1-26-9-24-14(25-26)7-27-13-6-5-11(10-3-2-4-12(19)16(10)20)17-15(13)18(21)23-8-22-17/h2-6,8-9H,7H2,1H3,(H2,21,22,23). The van der Waals surface area contributed by atoms with E-state index < -0.39 is 0 Å². The van der Waals surface area contributed by atoms with Crippen molar-refractivity contribution in [3.63, 3.8) is 0 Å². The average Bonchev–Trinajstić information content (AvgIpc) is 3.08. The second-order valence-electron chi connectivity index (χ2n) is 5.82. The van der Waals surface area contributed by atoms with Gasteiger partial charge in [-0.3, -0.25) is 4.68 Å². The lowest BCUT2D eigenvalue weighted by Crippen LogP contribution is -2.02. The lowest BCUT2D eigenvalue weighted by molar-refractivity contribution is 0.299. The van der Waals surface area contributed by atoms with Gasteiger partial charge in [-0.05, 0) is 18.2 Å². The van der Waals surface area contributed by atoms with Crippen molar-refractivity contribution in [3.05, 3.63) is 58.9 Å². The van der Waals surface area contributed by atoms with Crippen LogP contribution in [-0.2, 0) is 13.7 Å². The van der Waals surface area contributed by atoms with Gasteiger partial charge in [0.25, 0.3) is 0 Å². The van der Waals surface area contributed by atoms with Gasteiger partial charge in [0.1, 0.15) is 30.8 Å². The van der Waals surface area contributed by atoms with Crippen LogP contribution in [0.4, 0.5) is 5.82 Å². The zero-order valence-electron chi connectivity index (χ0n) is 14.2. The van der Waals surface area contributed by atoms with Crippen molar-refractivity contribution in [2.24, 2.45) is 7.05 Å². The van der Waals surface area contributed by atoms with Crippen LogP contribution >= 0.6 is 23.2 Å². The number of anilines is 1. The molecule has 2 N–H and O–H groups in total. The lowest BCUT2D eigenvalue weighted by atomic mass is 10.0. The molecule has 0 spiro atoms. The smallest absolute Gasteiger partial charge is 0.188 e. The van der Waals surface area contributed by atoms with Crippen LogP contribution in [0.25, 0.3) is 22.0 Å². The number of nitrogen functional groups attached to an aromatic ring is 1. The third-order valence-electron chi connectivity index (χ3n) is 4.03. The van der Waals surface area contributed by atoms with Crippen molar-refractivity contribution in [1.29, 1.82) is 0 Å². The molecule has 9 heteroatoms. The quantitative estimate of drug-likeness (QED) is 0.558. The van der Waals surface area contributed by atoms with Crippen LogP contribution in [0.3, 0.4) is 0 Å². The molecule has 27 heavy (non-hydrogen) atoms. The summed E-state index contributed by atoms with van der Waals surface area (Å²) in [6.07, 6.45) is 3.02. The maximum absolute atomic E-state index is 6.39. The zero-order valence-corrected chi connectivity index (χ0v) is 15.7. The Kier molecular flexibility index (Phi) is 4.55. The molecule has 2 heterocycles. The Morgan fingerprint density at radius 2 is 1.93 bits per heavy atom. The van der Waals surface area contributed by atoms with E-state index in [1.54, 1.807) is 30.2 Å². The van der Waals surface area contributed by atoms with Gasteiger partial charge in [0.2, 0.25) is 0 Å². The Morgan fingerprint density at radius 3 is 2.70 bits per heavy atom. The van der Waals surface area contributed by atoms with Crippen molar-refractivity contribution in [2.45, 2.75) is 6.61 Å². The molecule has 0 aliphatic heterocycles. The molecule has 0 saturated carbocycles. The second kappa shape index (κ2) is 7.02. The van der Waals surface area contributed by atoms with Gasteiger partial charge in [0, 0.05) is 18.2 Å². The van der Waals surface area contributed by atoms with E-state index in [9.17, 15) is 0 Å². The largest absolute Gasteiger partial charge is 0.485 e. The first-order chi connectivity index (χ1) is 13.0. The summed E-state index contributed by atoms with van der Waals surface area (Å²) in [7, 11) is 1.79. The molecule has 2 aromatic heterocycles. The van der Waals surface area contributed by atoms with Crippen LogP contribution in [0.2, 0.25) is 10.0 Å². The highest BCUT2D eigenvalue weighted by atomic mass is 35.5. The predicted molar refractivity (Wildman–Crippen MR) is 105 cm³/mol. The second-order valence-corrected chi connectivity index (χ2v) is 6.60. The first-order valence-corrected chi connectivity index (χ1v) is 8.75. The van der Waals surface area contributed by atoms with Gasteiger partial charge in [-0.25, -0.2) is 15.0 Å². The third-order valence-corrected chi connectivity index (χ3v) is 4.84. The number of aryl methyl sites for hydroxylation is 1. The molecule has 7 nitrogen and oxygen atoms in total. The van der Waals surface area contributed by atoms with Crippen LogP contribution in [0, 0.1) is 0 Å². The Labute approximate surface area is 164 Å². The molecule has 0 amide bonds. The molecule has 0 aliphatic rings. The van der Waals surface area contributed by atoms with E-state index in [-0.39, 0.29) is 6.61 Å². The molecule has 0 unspecified atom stereocenters. The van der Waals surface area contributed by atoms with Gasteiger partial charge in [-0.2, -0.15) is 5.10 Å². The number of ether oxygens (including phenoxy) is 1. The first-order valence-electron chi connectivity index (χ1n) is 7.99. The molecular formula is C18H14Cl2N6O. The van der Waals surface area contributed by atoms with Crippen molar-refractivity contribution in [3.8, 4) is 16.9 Å². The SMILES string of the molecule is Cn1cnc(COc2ccc(-c3cccc(Cl)c3Cl)c3ncnc(N)c23)n1. The molecule has 0 radical (unpaired) electrons. The maximum atomic E-state index is 6.39. The lowest BCUT2D eigenvalue weighted by Gasteiger charge is -2.13.